The summed E-state index contributed by atoms with van der Waals surface area (Å²) in [5.74, 6) is -1.95. The van der Waals surface area contributed by atoms with Crippen molar-refractivity contribution in [3.05, 3.63) is 29.3 Å². The fraction of sp³-hybridized carbons (Fsp3) is 0.500. The molecular formula is C16H22N2O5S. The zero-order valence-corrected chi connectivity index (χ0v) is 14.6. The molecule has 0 aromatic heterocycles. The van der Waals surface area contributed by atoms with Crippen LogP contribution in [-0.4, -0.2) is 48.5 Å². The number of hydrogen-bond acceptors (Lipinski definition) is 4. The van der Waals surface area contributed by atoms with Crippen molar-refractivity contribution in [2.75, 3.05) is 24.2 Å². The van der Waals surface area contributed by atoms with Crippen molar-refractivity contribution in [1.82, 2.24) is 4.31 Å². The van der Waals surface area contributed by atoms with Gasteiger partial charge in [-0.05, 0) is 38.8 Å². The molecule has 0 spiro atoms. The van der Waals surface area contributed by atoms with Crippen LogP contribution in [-0.2, 0) is 14.8 Å². The molecule has 2 rings (SSSR count). The molecule has 132 valence electrons. The second kappa shape index (κ2) is 7.31. The molecule has 0 radical (unpaired) electrons. The number of carboxylic acid groups (broad SMARTS) is 1. The van der Waals surface area contributed by atoms with E-state index in [9.17, 15) is 23.1 Å². The molecule has 1 aromatic rings. The highest BCUT2D eigenvalue weighted by molar-refractivity contribution is 7.89. The summed E-state index contributed by atoms with van der Waals surface area (Å²) in [7, 11) is -3.33. The molecule has 1 atom stereocenters. The van der Waals surface area contributed by atoms with Gasteiger partial charge in [-0.2, -0.15) is 0 Å². The van der Waals surface area contributed by atoms with Crippen LogP contribution in [0.4, 0.5) is 5.69 Å². The minimum absolute atomic E-state index is 0.00244. The van der Waals surface area contributed by atoms with Crippen LogP contribution < -0.4 is 5.32 Å². The summed E-state index contributed by atoms with van der Waals surface area (Å²) in [4.78, 5) is 23.8. The number of nitrogens with one attached hydrogen (secondary N) is 1. The van der Waals surface area contributed by atoms with Gasteiger partial charge in [0.2, 0.25) is 15.9 Å². The van der Waals surface area contributed by atoms with Crippen LogP contribution in [0.15, 0.2) is 18.2 Å². The number of aromatic carboxylic acids is 1. The lowest BCUT2D eigenvalue weighted by Gasteiger charge is -2.31. The molecule has 1 unspecified atom stereocenters. The molecule has 1 fully saturated rings. The van der Waals surface area contributed by atoms with Gasteiger partial charge in [-0.25, -0.2) is 17.5 Å². The summed E-state index contributed by atoms with van der Waals surface area (Å²) >= 11 is 0. The number of carboxylic acids is 1. The smallest absolute Gasteiger partial charge is 0.337 e. The van der Waals surface area contributed by atoms with E-state index in [-0.39, 0.29) is 29.5 Å². The van der Waals surface area contributed by atoms with Gasteiger partial charge in [0.05, 0.1) is 22.9 Å². The third-order valence-corrected chi connectivity index (χ3v) is 6.02. The number of amides is 1. The highest BCUT2D eigenvalue weighted by Gasteiger charge is 2.31. The molecule has 1 amide bonds. The van der Waals surface area contributed by atoms with E-state index in [1.54, 1.807) is 26.0 Å². The Balaban J connectivity index is 2.14. The topological polar surface area (TPSA) is 104 Å². The molecule has 2 N–H and O–H groups in total. The Morgan fingerprint density at radius 3 is 2.71 bits per heavy atom. The Morgan fingerprint density at radius 2 is 2.08 bits per heavy atom. The van der Waals surface area contributed by atoms with Gasteiger partial charge in [-0.3, -0.25) is 4.79 Å². The molecule has 1 aliphatic heterocycles. The van der Waals surface area contributed by atoms with Crippen molar-refractivity contribution in [1.29, 1.82) is 0 Å². The van der Waals surface area contributed by atoms with Crippen LogP contribution in [0.25, 0.3) is 0 Å². The number of rotatable bonds is 5. The zero-order valence-electron chi connectivity index (χ0n) is 13.8. The molecule has 7 nitrogen and oxygen atoms in total. The van der Waals surface area contributed by atoms with E-state index < -0.39 is 21.9 Å². The first-order chi connectivity index (χ1) is 11.2. The average Bonchev–Trinajstić information content (AvgIpc) is 2.56. The first-order valence-corrected chi connectivity index (χ1v) is 9.48. The van der Waals surface area contributed by atoms with Gasteiger partial charge in [0.1, 0.15) is 0 Å². The van der Waals surface area contributed by atoms with Crippen LogP contribution in [0, 0.1) is 12.8 Å². The maximum absolute atomic E-state index is 12.5. The summed E-state index contributed by atoms with van der Waals surface area (Å²) in [6.07, 6.45) is 1.19. The Kier molecular flexibility index (Phi) is 5.61. The number of anilines is 1. The molecule has 0 bridgehead atoms. The maximum atomic E-state index is 12.5. The average molecular weight is 354 g/mol. The van der Waals surface area contributed by atoms with E-state index in [1.807, 2.05) is 0 Å². The van der Waals surface area contributed by atoms with Crippen LogP contribution in [0.3, 0.4) is 0 Å². The van der Waals surface area contributed by atoms with E-state index in [0.29, 0.717) is 19.4 Å². The number of aryl methyl sites for hydroxylation is 1. The van der Waals surface area contributed by atoms with Crippen molar-refractivity contribution < 1.29 is 23.1 Å². The summed E-state index contributed by atoms with van der Waals surface area (Å²) in [6.45, 7) is 3.90. The maximum Gasteiger partial charge on any atom is 0.337 e. The van der Waals surface area contributed by atoms with Gasteiger partial charge >= 0.3 is 5.97 Å². The van der Waals surface area contributed by atoms with Gasteiger partial charge in [0.15, 0.2) is 0 Å². The van der Waals surface area contributed by atoms with Crippen molar-refractivity contribution >= 4 is 27.6 Å². The molecule has 24 heavy (non-hydrogen) atoms. The fourth-order valence-electron chi connectivity index (χ4n) is 2.77. The third kappa shape index (κ3) is 4.12. The Labute approximate surface area is 141 Å². The summed E-state index contributed by atoms with van der Waals surface area (Å²) in [5.41, 5.74) is 1.04. The van der Waals surface area contributed by atoms with Crippen molar-refractivity contribution in [3.63, 3.8) is 0 Å². The monoisotopic (exact) mass is 354 g/mol. The Hall–Kier alpha value is -1.93. The Morgan fingerprint density at radius 1 is 1.38 bits per heavy atom. The highest BCUT2D eigenvalue weighted by Crippen LogP contribution is 2.23. The van der Waals surface area contributed by atoms with Crippen molar-refractivity contribution in [2.24, 2.45) is 5.92 Å². The number of piperidine rings is 1. The van der Waals surface area contributed by atoms with Gasteiger partial charge in [0, 0.05) is 13.1 Å². The van der Waals surface area contributed by atoms with Crippen LogP contribution in [0.2, 0.25) is 0 Å². The van der Waals surface area contributed by atoms with E-state index in [4.69, 9.17) is 0 Å². The highest BCUT2D eigenvalue weighted by atomic mass is 32.2. The summed E-state index contributed by atoms with van der Waals surface area (Å²) in [6, 6.07) is 4.77. The SMILES string of the molecule is CCS(=O)(=O)N1CCCC(C(=O)Nc2ccc(C)cc2C(=O)O)C1. The molecule has 1 saturated heterocycles. The third-order valence-electron chi connectivity index (χ3n) is 4.18. The van der Waals surface area contributed by atoms with E-state index in [2.05, 4.69) is 5.32 Å². The van der Waals surface area contributed by atoms with Gasteiger partial charge < -0.3 is 10.4 Å². The molecular weight excluding hydrogens is 332 g/mol. The molecule has 1 aromatic carbocycles. The number of carbonyl (C=O) groups is 2. The lowest BCUT2D eigenvalue weighted by molar-refractivity contribution is -0.120. The molecule has 0 aliphatic carbocycles. The second-order valence-corrected chi connectivity index (χ2v) is 8.20. The standard InChI is InChI=1S/C16H22N2O5S/c1-3-24(22,23)18-8-4-5-12(10-18)15(19)17-14-7-6-11(2)9-13(14)16(20)21/h6-7,9,12H,3-5,8,10H2,1-2H3,(H,17,19)(H,20,21). The lowest BCUT2D eigenvalue weighted by Crippen LogP contribution is -2.44. The predicted octanol–water partition coefficient (Wildman–Crippen LogP) is 1.69. The van der Waals surface area contributed by atoms with E-state index in [0.717, 1.165) is 5.56 Å². The molecule has 1 aliphatic rings. The van der Waals surface area contributed by atoms with Crippen LogP contribution in [0.5, 0.6) is 0 Å². The minimum Gasteiger partial charge on any atom is -0.478 e. The lowest BCUT2D eigenvalue weighted by atomic mass is 9.98. The minimum atomic E-state index is -3.33. The first-order valence-electron chi connectivity index (χ1n) is 7.87. The second-order valence-electron chi connectivity index (χ2n) is 5.94. The van der Waals surface area contributed by atoms with Gasteiger partial charge in [-0.1, -0.05) is 11.6 Å². The summed E-state index contributed by atoms with van der Waals surface area (Å²) < 4.78 is 25.3. The number of carbonyl (C=O) groups excluding carboxylic acids is 1. The zero-order chi connectivity index (χ0) is 17.9. The van der Waals surface area contributed by atoms with Gasteiger partial charge in [0.25, 0.3) is 0 Å². The van der Waals surface area contributed by atoms with Crippen LogP contribution >= 0.6 is 0 Å². The van der Waals surface area contributed by atoms with Gasteiger partial charge in [-0.15, -0.1) is 0 Å². The largest absolute Gasteiger partial charge is 0.478 e. The van der Waals surface area contributed by atoms with E-state index in [1.165, 1.54) is 10.4 Å². The van der Waals surface area contributed by atoms with Crippen LogP contribution in [0.1, 0.15) is 35.7 Å². The normalized spacial score (nSPS) is 19.0. The fourth-order valence-corrected chi connectivity index (χ4v) is 3.95. The Bertz CT molecular complexity index is 745. The van der Waals surface area contributed by atoms with Crippen molar-refractivity contribution in [2.45, 2.75) is 26.7 Å². The molecule has 8 heteroatoms. The number of benzene rings is 1. The number of sulfonamides is 1. The predicted molar refractivity (Wildman–Crippen MR) is 90.5 cm³/mol. The van der Waals surface area contributed by atoms with E-state index >= 15 is 0 Å². The molecule has 1 heterocycles. The number of hydrogen-bond donors (Lipinski definition) is 2. The number of nitrogens with zero attached hydrogens (tertiary/aromatic N) is 1. The van der Waals surface area contributed by atoms with Crippen molar-refractivity contribution in [3.8, 4) is 0 Å². The summed E-state index contributed by atoms with van der Waals surface area (Å²) in [5, 5.41) is 11.9. The first kappa shape index (κ1) is 18.4. The quantitative estimate of drug-likeness (QED) is 0.837. The molecule has 0 saturated carbocycles.